The van der Waals surface area contributed by atoms with E-state index in [0.29, 0.717) is 11.0 Å². The molecule has 9 heteroatoms. The number of aromatic amines is 1. The summed E-state index contributed by atoms with van der Waals surface area (Å²) in [6, 6.07) is 4.62. The van der Waals surface area contributed by atoms with Crippen molar-refractivity contribution in [3.8, 4) is 0 Å². The van der Waals surface area contributed by atoms with E-state index in [1.807, 2.05) is 0 Å². The van der Waals surface area contributed by atoms with Gasteiger partial charge >= 0.3 is 6.18 Å². The zero-order chi connectivity index (χ0) is 16.2. The first-order valence-corrected chi connectivity index (χ1v) is 7.73. The average Bonchev–Trinajstić information content (AvgIpc) is 2.85. The topological polar surface area (TPSA) is 64.2 Å². The van der Waals surface area contributed by atoms with E-state index in [0.717, 1.165) is 25.1 Å². The zero-order valence-electron chi connectivity index (χ0n) is 11.8. The van der Waals surface area contributed by atoms with E-state index in [-0.39, 0.29) is 4.90 Å². The number of hydrogen-bond acceptors (Lipinski definition) is 4. The summed E-state index contributed by atoms with van der Waals surface area (Å²) in [5.74, 6) is 0.814. The molecule has 2 aromatic rings. The lowest BCUT2D eigenvalue weighted by Gasteiger charge is -2.05. The number of alkyl halides is 3. The van der Waals surface area contributed by atoms with Gasteiger partial charge in [-0.15, -0.1) is 4.33 Å². The second-order valence-electron chi connectivity index (χ2n) is 4.65. The highest BCUT2D eigenvalue weighted by Gasteiger charge is 2.29. The molecule has 0 radical (unpaired) electrons. The zero-order valence-corrected chi connectivity index (χ0v) is 12.6. The van der Waals surface area contributed by atoms with Crippen molar-refractivity contribution in [1.82, 2.24) is 9.97 Å². The van der Waals surface area contributed by atoms with Crippen LogP contribution in [0.3, 0.4) is 0 Å². The molecule has 0 aliphatic rings. The molecule has 0 saturated carbocycles. The quantitative estimate of drug-likeness (QED) is 0.621. The van der Waals surface area contributed by atoms with E-state index in [1.54, 1.807) is 6.07 Å². The molecule has 0 fully saturated rings. The third-order valence-electron chi connectivity index (χ3n) is 2.79. The minimum absolute atomic E-state index is 0.195. The Labute approximate surface area is 127 Å². The number of rotatable bonds is 7. The lowest BCUT2D eigenvalue weighted by molar-refractivity contribution is -0.277. The number of H-pyrrole nitrogens is 1. The van der Waals surface area contributed by atoms with Crippen LogP contribution < -0.4 is 0 Å². The first kappa shape index (κ1) is 16.9. The molecule has 122 valence electrons. The van der Waals surface area contributed by atoms with Gasteiger partial charge in [0.2, 0.25) is 11.1 Å². The van der Waals surface area contributed by atoms with Crippen molar-refractivity contribution in [2.75, 3.05) is 6.61 Å². The maximum absolute atomic E-state index is 11.9. The molecule has 22 heavy (non-hydrogen) atoms. The van der Waals surface area contributed by atoms with Crippen LogP contribution >= 0.6 is 0 Å². The summed E-state index contributed by atoms with van der Waals surface area (Å²) in [5.41, 5.74) is 1.35. The standard InChI is InChI=1S/C13H15F3N2O3S/c1-2-3-4-12-17-10-6-5-9(7-11(10)18-12)22(19)21-20-8-13(14,15)16/h5-7H,2-4,8H2,1H3,(H,17,18). The molecule has 1 atom stereocenters. The van der Waals surface area contributed by atoms with E-state index < -0.39 is 23.9 Å². The molecule has 1 N–H and O–H groups in total. The molecule has 0 spiro atoms. The minimum atomic E-state index is -4.54. The number of halogens is 3. The monoisotopic (exact) mass is 336 g/mol. The Kier molecular flexibility index (Phi) is 5.54. The van der Waals surface area contributed by atoms with Crippen LogP contribution in [-0.2, 0) is 26.7 Å². The Morgan fingerprint density at radius 1 is 1.36 bits per heavy atom. The van der Waals surface area contributed by atoms with Crippen LogP contribution in [0.15, 0.2) is 23.1 Å². The third kappa shape index (κ3) is 4.79. The largest absolute Gasteiger partial charge is 0.415 e. The number of benzene rings is 1. The number of nitrogens with one attached hydrogen (secondary N) is 1. The molecule has 0 bridgehead atoms. The second kappa shape index (κ2) is 7.21. The predicted octanol–water partition coefficient (Wildman–Crippen LogP) is 3.44. The summed E-state index contributed by atoms with van der Waals surface area (Å²) < 4.78 is 51.7. The number of aryl methyl sites for hydroxylation is 1. The van der Waals surface area contributed by atoms with Crippen molar-refractivity contribution < 1.29 is 26.6 Å². The molecule has 0 saturated heterocycles. The first-order chi connectivity index (χ1) is 10.4. The van der Waals surface area contributed by atoms with Crippen LogP contribution in [0.4, 0.5) is 13.2 Å². The van der Waals surface area contributed by atoms with Crippen LogP contribution in [0.5, 0.6) is 0 Å². The van der Waals surface area contributed by atoms with E-state index in [2.05, 4.69) is 26.1 Å². The van der Waals surface area contributed by atoms with Crippen molar-refractivity contribution >= 4 is 22.1 Å². The molecule has 0 aliphatic heterocycles. The van der Waals surface area contributed by atoms with E-state index in [1.165, 1.54) is 12.1 Å². The minimum Gasteiger partial charge on any atom is -0.342 e. The van der Waals surface area contributed by atoms with Crippen LogP contribution in [-0.4, -0.2) is 27.0 Å². The highest BCUT2D eigenvalue weighted by atomic mass is 32.2. The number of nitrogens with zero attached hydrogens (tertiary/aromatic N) is 1. The van der Waals surface area contributed by atoms with Gasteiger partial charge in [0.05, 0.1) is 15.9 Å². The number of imidazole rings is 1. The van der Waals surface area contributed by atoms with Crippen molar-refractivity contribution in [2.24, 2.45) is 0 Å². The fraction of sp³-hybridized carbons (Fsp3) is 0.462. The lowest BCUT2D eigenvalue weighted by Crippen LogP contribution is -2.17. The molecule has 5 nitrogen and oxygen atoms in total. The normalized spacial score (nSPS) is 13.6. The summed E-state index contributed by atoms with van der Waals surface area (Å²) >= 11 is -2.14. The average molecular weight is 336 g/mol. The SMILES string of the molecule is CCCCc1nc2ccc(S(=O)OOCC(F)(F)F)cc2[nH]1. The molecule has 1 heterocycles. The van der Waals surface area contributed by atoms with Gasteiger partial charge in [0, 0.05) is 6.42 Å². The van der Waals surface area contributed by atoms with Gasteiger partial charge in [-0.05, 0) is 24.6 Å². The molecule has 1 aromatic heterocycles. The molecule has 1 aromatic carbocycles. The van der Waals surface area contributed by atoms with E-state index in [4.69, 9.17) is 0 Å². The van der Waals surface area contributed by atoms with Crippen LogP contribution in [0.25, 0.3) is 11.0 Å². The van der Waals surface area contributed by atoms with Gasteiger partial charge in [0.1, 0.15) is 5.82 Å². The fourth-order valence-electron chi connectivity index (χ4n) is 1.78. The summed E-state index contributed by atoms with van der Waals surface area (Å²) in [6.45, 7) is 0.453. The van der Waals surface area contributed by atoms with E-state index in [9.17, 15) is 17.4 Å². The van der Waals surface area contributed by atoms with E-state index >= 15 is 0 Å². The second-order valence-corrected chi connectivity index (χ2v) is 5.72. The van der Waals surface area contributed by atoms with Gasteiger partial charge in [0.15, 0.2) is 6.61 Å². The van der Waals surface area contributed by atoms with Crippen molar-refractivity contribution in [2.45, 2.75) is 37.3 Å². The smallest absolute Gasteiger partial charge is 0.342 e. The van der Waals surface area contributed by atoms with Crippen molar-refractivity contribution in [3.05, 3.63) is 24.0 Å². The molecule has 0 aliphatic carbocycles. The highest BCUT2D eigenvalue weighted by Crippen LogP contribution is 2.19. The molecular weight excluding hydrogens is 321 g/mol. The fourth-order valence-corrected chi connectivity index (χ4v) is 2.39. The Morgan fingerprint density at radius 2 is 2.14 bits per heavy atom. The Bertz CT molecular complexity index is 658. The molecular formula is C13H15F3N2O3S. The van der Waals surface area contributed by atoms with Crippen molar-refractivity contribution in [1.29, 1.82) is 0 Å². The van der Waals surface area contributed by atoms with Crippen LogP contribution in [0.1, 0.15) is 25.6 Å². The molecule has 2 rings (SSSR count). The van der Waals surface area contributed by atoms with Gasteiger partial charge < -0.3 is 4.98 Å². The number of hydrogen-bond donors (Lipinski definition) is 1. The summed E-state index contributed by atoms with van der Waals surface area (Å²) in [5, 5.41) is 0. The predicted molar refractivity (Wildman–Crippen MR) is 74.2 cm³/mol. The number of fused-ring (bicyclic) bond motifs is 1. The summed E-state index contributed by atoms with van der Waals surface area (Å²) in [7, 11) is 0. The highest BCUT2D eigenvalue weighted by molar-refractivity contribution is 7.80. The van der Waals surface area contributed by atoms with Gasteiger partial charge in [-0.3, -0.25) is 0 Å². The van der Waals surface area contributed by atoms with Gasteiger partial charge in [-0.2, -0.15) is 13.2 Å². The van der Waals surface area contributed by atoms with Gasteiger partial charge in [-0.25, -0.2) is 14.1 Å². The maximum Gasteiger partial charge on any atom is 0.415 e. The number of unbranched alkanes of at least 4 members (excludes halogenated alkanes) is 1. The lowest BCUT2D eigenvalue weighted by atomic mass is 10.2. The maximum atomic E-state index is 11.9. The van der Waals surface area contributed by atoms with Gasteiger partial charge in [0.25, 0.3) is 0 Å². The Morgan fingerprint density at radius 3 is 2.82 bits per heavy atom. The Hall–Kier alpha value is -1.45. The van der Waals surface area contributed by atoms with Crippen LogP contribution in [0, 0.1) is 0 Å². The Balaban J connectivity index is 2.03. The third-order valence-corrected chi connectivity index (χ3v) is 3.65. The van der Waals surface area contributed by atoms with Crippen molar-refractivity contribution in [3.63, 3.8) is 0 Å². The first-order valence-electron chi connectivity index (χ1n) is 6.66. The summed E-state index contributed by atoms with van der Waals surface area (Å²) in [4.78, 5) is 11.6. The van der Waals surface area contributed by atoms with Gasteiger partial charge in [-0.1, -0.05) is 13.3 Å². The summed E-state index contributed by atoms with van der Waals surface area (Å²) in [6.07, 6.45) is -1.70. The molecule has 1 unspecified atom stereocenters. The number of aromatic nitrogens is 2. The molecule has 0 amide bonds. The van der Waals surface area contributed by atoms with Crippen LogP contribution in [0.2, 0.25) is 0 Å².